The van der Waals surface area contributed by atoms with Crippen LogP contribution in [-0.4, -0.2) is 82.9 Å². The summed E-state index contributed by atoms with van der Waals surface area (Å²) in [6.45, 7) is 2.28. The Morgan fingerprint density at radius 3 is 1.76 bits per heavy atom. The molecule has 0 spiro atoms. The number of rotatable bonds is 10. The number of nitrogens with zero attached hydrogens (tertiary/aromatic N) is 5. The minimum Gasteiger partial charge on any atom is -0.465 e. The van der Waals surface area contributed by atoms with Gasteiger partial charge >= 0.3 is 6.09 Å². The maximum Gasteiger partial charge on any atom is 0.407 e. The highest BCUT2D eigenvalue weighted by Crippen LogP contribution is 2.38. The van der Waals surface area contributed by atoms with Gasteiger partial charge in [0.05, 0.1) is 35.9 Å². The largest absolute Gasteiger partial charge is 0.465 e. The average Bonchev–Trinajstić information content (AvgIpc) is 4.08. The number of hydrogen-bond donors (Lipinski definition) is 4. The second-order valence-corrected chi connectivity index (χ2v) is 15.1. The molecule has 4 aromatic carbocycles. The summed E-state index contributed by atoms with van der Waals surface area (Å²) in [7, 11) is 1.42. The molecule has 0 aliphatic carbocycles. The first-order valence-electron chi connectivity index (χ1n) is 19.4. The van der Waals surface area contributed by atoms with E-state index in [1.807, 2.05) is 54.6 Å². The van der Waals surface area contributed by atoms with Gasteiger partial charge in [-0.3, -0.25) is 14.5 Å². The zero-order chi connectivity index (χ0) is 40.6. The number of hydrogen-bond acceptors (Lipinski definition) is 6. The zero-order valence-corrected chi connectivity index (χ0v) is 32.2. The van der Waals surface area contributed by atoms with Gasteiger partial charge in [-0.15, -0.1) is 0 Å². The van der Waals surface area contributed by atoms with Crippen molar-refractivity contribution in [1.29, 1.82) is 0 Å². The standard InChI is InChI=1S/C45H44FN7O5/c1-45(58,33-12-6-7-13-34(33)46)43(55)53-25-9-15-38(53)41-48-27-36(50-41)31-22-18-29(19-23-31)28-16-20-30(21-17-28)35-26-47-40(49-35)37-14-8-24-52(37)42(54)39(51(2)44(56)57)32-10-4-3-5-11-32/h3-7,10-13,16-23,26-27,37-39,58H,8-9,14-15,24-25H2,1-2H3,(H,47,49)(H,48,50)(H,56,57)/t37-,38?,39+,45-/m0/s1. The van der Waals surface area contributed by atoms with Gasteiger partial charge in [0.25, 0.3) is 11.8 Å². The summed E-state index contributed by atoms with van der Waals surface area (Å²) in [5.41, 5.74) is 4.03. The normalized spacial score (nSPS) is 18.2. The van der Waals surface area contributed by atoms with Gasteiger partial charge in [0.1, 0.15) is 23.5 Å². The summed E-state index contributed by atoms with van der Waals surface area (Å²) >= 11 is 0. The monoisotopic (exact) mass is 781 g/mol. The van der Waals surface area contributed by atoms with Crippen LogP contribution in [0.1, 0.15) is 73.5 Å². The van der Waals surface area contributed by atoms with Crippen LogP contribution in [0.3, 0.4) is 0 Å². The predicted octanol–water partition coefficient (Wildman–Crippen LogP) is 7.86. The van der Waals surface area contributed by atoms with Crippen molar-refractivity contribution >= 4 is 17.9 Å². The van der Waals surface area contributed by atoms with Crippen LogP contribution < -0.4 is 0 Å². The molecule has 2 aliphatic heterocycles. The lowest BCUT2D eigenvalue weighted by Gasteiger charge is -2.32. The molecule has 2 fully saturated rings. The first-order chi connectivity index (χ1) is 28.0. The SMILES string of the molecule is CN(C(=O)O)[C@@H](C(=O)N1CCC[C@H]1c1ncc(-c2ccc(-c3ccc(-c4cnc(C5CCCN5C(=O)[C@@](C)(O)c5ccccc5F)[nH]4)cc3)cc2)[nH]1)c1ccccc1. The second-order valence-electron chi connectivity index (χ2n) is 15.1. The number of benzene rings is 4. The third-order valence-corrected chi connectivity index (χ3v) is 11.4. The number of amides is 3. The minimum atomic E-state index is -2.02. The highest BCUT2D eigenvalue weighted by atomic mass is 19.1. The van der Waals surface area contributed by atoms with Gasteiger partial charge < -0.3 is 30.0 Å². The highest BCUT2D eigenvalue weighted by molar-refractivity contribution is 5.87. The fourth-order valence-electron chi connectivity index (χ4n) is 8.28. The van der Waals surface area contributed by atoms with Gasteiger partial charge in [0, 0.05) is 25.7 Å². The Bertz CT molecular complexity index is 2430. The lowest BCUT2D eigenvalue weighted by molar-refractivity contribution is -0.152. The number of nitrogens with one attached hydrogen (secondary N) is 2. The quantitative estimate of drug-likeness (QED) is 0.110. The van der Waals surface area contributed by atoms with Gasteiger partial charge in [-0.2, -0.15) is 0 Å². The first-order valence-corrected chi connectivity index (χ1v) is 19.4. The molecule has 1 unspecified atom stereocenters. The number of aromatic amines is 2. The van der Waals surface area contributed by atoms with Crippen LogP contribution in [0.15, 0.2) is 116 Å². The molecule has 2 aliphatic rings. The molecular weight excluding hydrogens is 738 g/mol. The Kier molecular flexibility index (Phi) is 10.4. The summed E-state index contributed by atoms with van der Waals surface area (Å²) < 4.78 is 14.6. The van der Waals surface area contributed by atoms with E-state index in [1.165, 1.54) is 32.2 Å². The van der Waals surface area contributed by atoms with Gasteiger partial charge in [-0.25, -0.2) is 19.2 Å². The number of halogens is 1. The summed E-state index contributed by atoms with van der Waals surface area (Å²) in [6, 6.07) is 29.3. The maximum atomic E-state index is 14.6. The van der Waals surface area contributed by atoms with Crippen LogP contribution in [0.2, 0.25) is 0 Å². The van der Waals surface area contributed by atoms with Gasteiger partial charge in [0.15, 0.2) is 5.60 Å². The molecule has 6 aromatic rings. The molecule has 58 heavy (non-hydrogen) atoms. The summed E-state index contributed by atoms with van der Waals surface area (Å²) in [4.78, 5) is 60.0. The molecule has 0 bridgehead atoms. The van der Waals surface area contributed by atoms with E-state index in [1.54, 1.807) is 52.5 Å². The number of aromatic nitrogens is 4. The molecule has 12 nitrogen and oxygen atoms in total. The van der Waals surface area contributed by atoms with Crippen molar-refractivity contribution < 1.29 is 29.0 Å². The van der Waals surface area contributed by atoms with Crippen LogP contribution in [0.5, 0.6) is 0 Å². The molecule has 4 atom stereocenters. The zero-order valence-electron chi connectivity index (χ0n) is 32.2. The molecule has 296 valence electrons. The lowest BCUT2D eigenvalue weighted by atomic mass is 9.93. The van der Waals surface area contributed by atoms with Crippen molar-refractivity contribution in [2.45, 2.75) is 56.3 Å². The van der Waals surface area contributed by atoms with Crippen LogP contribution in [0.25, 0.3) is 33.6 Å². The molecule has 8 rings (SSSR count). The Hall–Kier alpha value is -6.60. The number of carbonyl (C=O) groups excluding carboxylic acids is 2. The van der Waals surface area contributed by atoms with Crippen molar-refractivity contribution in [2.24, 2.45) is 0 Å². The van der Waals surface area contributed by atoms with Crippen LogP contribution in [0.4, 0.5) is 9.18 Å². The van der Waals surface area contributed by atoms with Crippen molar-refractivity contribution in [3.63, 3.8) is 0 Å². The van der Waals surface area contributed by atoms with E-state index < -0.39 is 29.5 Å². The molecule has 13 heteroatoms. The Morgan fingerprint density at radius 2 is 1.22 bits per heavy atom. The molecule has 3 amide bonds. The van der Waals surface area contributed by atoms with Crippen molar-refractivity contribution in [1.82, 2.24) is 34.6 Å². The first kappa shape index (κ1) is 38.3. The van der Waals surface area contributed by atoms with Gasteiger partial charge in [0.2, 0.25) is 0 Å². The number of imidazole rings is 2. The van der Waals surface area contributed by atoms with Crippen LogP contribution in [0, 0.1) is 5.82 Å². The summed E-state index contributed by atoms with van der Waals surface area (Å²) in [5.74, 6) is -0.196. The number of likely N-dealkylation sites (tertiary alicyclic amines) is 2. The lowest BCUT2D eigenvalue weighted by Crippen LogP contribution is -2.45. The fourth-order valence-corrected chi connectivity index (χ4v) is 8.28. The number of carbonyl (C=O) groups is 3. The van der Waals surface area contributed by atoms with Gasteiger partial charge in [-0.05, 0) is 66.5 Å². The number of aliphatic hydroxyl groups is 1. The second kappa shape index (κ2) is 15.7. The van der Waals surface area contributed by atoms with Gasteiger partial charge in [-0.1, -0.05) is 97.1 Å². The molecule has 4 heterocycles. The highest BCUT2D eigenvalue weighted by Gasteiger charge is 2.43. The topological polar surface area (TPSA) is 159 Å². The maximum absolute atomic E-state index is 14.6. The Balaban J connectivity index is 0.936. The third kappa shape index (κ3) is 7.24. The van der Waals surface area contributed by atoms with E-state index in [9.17, 15) is 29.0 Å². The molecule has 0 saturated carbocycles. The van der Waals surface area contributed by atoms with Crippen molar-refractivity contribution in [3.05, 3.63) is 144 Å². The van der Waals surface area contributed by atoms with Crippen molar-refractivity contribution in [3.8, 4) is 33.6 Å². The van der Waals surface area contributed by atoms with E-state index in [4.69, 9.17) is 0 Å². The van der Waals surface area contributed by atoms with E-state index in [0.717, 1.165) is 51.4 Å². The molecule has 2 aromatic heterocycles. The summed E-state index contributed by atoms with van der Waals surface area (Å²) in [5, 5.41) is 21.0. The van der Waals surface area contributed by atoms with E-state index in [-0.39, 0.29) is 23.6 Å². The molecule has 4 N–H and O–H groups in total. The van der Waals surface area contributed by atoms with Crippen LogP contribution in [-0.2, 0) is 15.2 Å². The number of carboxylic acid groups (broad SMARTS) is 1. The molecular formula is C45H44FN7O5. The Labute approximate surface area is 335 Å². The summed E-state index contributed by atoms with van der Waals surface area (Å²) in [6.07, 6.45) is 5.23. The Morgan fingerprint density at radius 1 is 0.741 bits per heavy atom. The predicted molar refractivity (Wildman–Crippen MR) is 215 cm³/mol. The van der Waals surface area contributed by atoms with Crippen LogP contribution >= 0.6 is 0 Å². The third-order valence-electron chi connectivity index (χ3n) is 11.4. The van der Waals surface area contributed by atoms with E-state index in [2.05, 4.69) is 19.9 Å². The van der Waals surface area contributed by atoms with E-state index in [0.29, 0.717) is 43.1 Å². The van der Waals surface area contributed by atoms with Crippen molar-refractivity contribution in [2.75, 3.05) is 20.1 Å². The molecule has 2 saturated heterocycles. The smallest absolute Gasteiger partial charge is 0.407 e. The molecule has 0 radical (unpaired) electrons. The van der Waals surface area contributed by atoms with E-state index >= 15 is 0 Å². The fraction of sp³-hybridized carbons (Fsp3) is 0.267. The number of likely N-dealkylation sites (N-methyl/N-ethyl adjacent to an activating group) is 1. The number of H-pyrrole nitrogens is 2. The average molecular weight is 782 g/mol. The minimum absolute atomic E-state index is 0.0560.